The molecule has 6 nitrogen and oxygen atoms in total. The minimum atomic E-state index is -0.140. The van der Waals surface area contributed by atoms with E-state index in [9.17, 15) is 9.59 Å². The molecule has 0 bridgehead atoms. The lowest BCUT2D eigenvalue weighted by Crippen LogP contribution is -2.33. The number of H-pyrrole nitrogens is 1. The SMILES string of the molecule is CC(=O)N1CCCN(Cc2cc(=O)[nH]c(-c3ccccc3)n2)CC1. The largest absolute Gasteiger partial charge is 0.342 e. The van der Waals surface area contributed by atoms with E-state index in [2.05, 4.69) is 14.9 Å². The van der Waals surface area contributed by atoms with Crippen molar-refractivity contribution < 1.29 is 4.79 Å². The maximum absolute atomic E-state index is 12.0. The maximum Gasteiger partial charge on any atom is 0.251 e. The first-order chi connectivity index (χ1) is 11.6. The number of amides is 1. The van der Waals surface area contributed by atoms with Crippen LogP contribution in [-0.2, 0) is 11.3 Å². The molecular weight excluding hydrogens is 304 g/mol. The van der Waals surface area contributed by atoms with Gasteiger partial charge in [-0.2, -0.15) is 0 Å². The zero-order valence-corrected chi connectivity index (χ0v) is 13.9. The Morgan fingerprint density at radius 3 is 2.71 bits per heavy atom. The predicted octanol–water partition coefficient (Wildman–Crippen LogP) is 1.49. The Morgan fingerprint density at radius 1 is 1.17 bits per heavy atom. The molecular formula is C18H22N4O2. The van der Waals surface area contributed by atoms with Gasteiger partial charge in [0.2, 0.25) is 5.91 Å². The molecule has 3 rings (SSSR count). The van der Waals surface area contributed by atoms with Gasteiger partial charge in [0.05, 0.1) is 5.69 Å². The minimum Gasteiger partial charge on any atom is -0.342 e. The van der Waals surface area contributed by atoms with Gasteiger partial charge in [-0.25, -0.2) is 4.98 Å². The number of hydrogen-bond donors (Lipinski definition) is 1. The number of nitrogens with one attached hydrogen (secondary N) is 1. The second-order valence-electron chi connectivity index (χ2n) is 6.09. The fourth-order valence-electron chi connectivity index (χ4n) is 2.99. The Labute approximate surface area is 141 Å². The first-order valence-corrected chi connectivity index (χ1v) is 8.25. The van der Waals surface area contributed by atoms with Crippen molar-refractivity contribution in [1.29, 1.82) is 0 Å². The molecule has 1 aliphatic rings. The number of aromatic amines is 1. The molecule has 6 heteroatoms. The average molecular weight is 326 g/mol. The highest BCUT2D eigenvalue weighted by molar-refractivity contribution is 5.73. The van der Waals surface area contributed by atoms with Crippen molar-refractivity contribution in [2.24, 2.45) is 0 Å². The molecule has 0 radical (unpaired) electrons. The molecule has 24 heavy (non-hydrogen) atoms. The van der Waals surface area contributed by atoms with E-state index in [-0.39, 0.29) is 11.5 Å². The zero-order valence-electron chi connectivity index (χ0n) is 13.9. The summed E-state index contributed by atoms with van der Waals surface area (Å²) in [6.45, 7) is 5.46. The van der Waals surface area contributed by atoms with E-state index in [1.165, 1.54) is 0 Å². The van der Waals surface area contributed by atoms with Gasteiger partial charge in [0, 0.05) is 51.3 Å². The van der Waals surface area contributed by atoms with Crippen LogP contribution in [0, 0.1) is 0 Å². The van der Waals surface area contributed by atoms with E-state index in [4.69, 9.17) is 0 Å². The Bertz CT molecular complexity index is 757. The van der Waals surface area contributed by atoms with Crippen LogP contribution in [0.3, 0.4) is 0 Å². The molecule has 2 heterocycles. The van der Waals surface area contributed by atoms with Crippen molar-refractivity contribution in [3.63, 3.8) is 0 Å². The lowest BCUT2D eigenvalue weighted by molar-refractivity contribution is -0.128. The number of hydrogen-bond acceptors (Lipinski definition) is 4. The molecule has 1 fully saturated rings. The average Bonchev–Trinajstić information content (AvgIpc) is 2.81. The summed E-state index contributed by atoms with van der Waals surface area (Å²) in [7, 11) is 0. The van der Waals surface area contributed by atoms with Gasteiger partial charge in [-0.05, 0) is 6.42 Å². The van der Waals surface area contributed by atoms with Crippen LogP contribution in [0.4, 0.5) is 0 Å². The maximum atomic E-state index is 12.0. The summed E-state index contributed by atoms with van der Waals surface area (Å²) in [6.07, 6.45) is 0.939. The standard InChI is InChI=1S/C18H22N4O2/c1-14(23)22-9-5-8-21(10-11-22)13-16-12-17(24)20-18(19-16)15-6-3-2-4-7-15/h2-4,6-7,12H,5,8-11,13H2,1H3,(H,19,20,24). The number of benzene rings is 1. The van der Waals surface area contributed by atoms with E-state index in [0.717, 1.165) is 43.9 Å². The van der Waals surface area contributed by atoms with Crippen molar-refractivity contribution in [2.45, 2.75) is 19.9 Å². The van der Waals surface area contributed by atoms with Gasteiger partial charge in [0.15, 0.2) is 0 Å². The number of nitrogens with zero attached hydrogens (tertiary/aromatic N) is 3. The van der Waals surface area contributed by atoms with Crippen LogP contribution < -0.4 is 5.56 Å². The molecule has 126 valence electrons. The summed E-state index contributed by atoms with van der Waals surface area (Å²) in [5.74, 6) is 0.718. The topological polar surface area (TPSA) is 69.3 Å². The van der Waals surface area contributed by atoms with Gasteiger partial charge in [-0.15, -0.1) is 0 Å². The second kappa shape index (κ2) is 7.40. The van der Waals surface area contributed by atoms with E-state index in [1.54, 1.807) is 13.0 Å². The molecule has 1 aromatic carbocycles. The third-order valence-electron chi connectivity index (χ3n) is 4.26. The van der Waals surface area contributed by atoms with Crippen molar-refractivity contribution >= 4 is 5.91 Å². The summed E-state index contributed by atoms with van der Waals surface area (Å²) >= 11 is 0. The van der Waals surface area contributed by atoms with Crippen molar-refractivity contribution in [3.8, 4) is 11.4 Å². The second-order valence-corrected chi connectivity index (χ2v) is 6.09. The lowest BCUT2D eigenvalue weighted by atomic mass is 10.2. The van der Waals surface area contributed by atoms with E-state index < -0.39 is 0 Å². The fraction of sp³-hybridized carbons (Fsp3) is 0.389. The first-order valence-electron chi connectivity index (χ1n) is 8.25. The number of aromatic nitrogens is 2. The van der Waals surface area contributed by atoms with Gasteiger partial charge in [0.25, 0.3) is 5.56 Å². The Morgan fingerprint density at radius 2 is 1.96 bits per heavy atom. The summed E-state index contributed by atoms with van der Waals surface area (Å²) in [4.78, 5) is 35.0. The highest BCUT2D eigenvalue weighted by Gasteiger charge is 2.17. The molecule has 0 saturated carbocycles. The third-order valence-corrected chi connectivity index (χ3v) is 4.26. The lowest BCUT2D eigenvalue weighted by Gasteiger charge is -2.20. The van der Waals surface area contributed by atoms with Crippen LogP contribution in [0.5, 0.6) is 0 Å². The highest BCUT2D eigenvalue weighted by atomic mass is 16.2. The van der Waals surface area contributed by atoms with Crippen LogP contribution in [0.1, 0.15) is 19.0 Å². The monoisotopic (exact) mass is 326 g/mol. The third kappa shape index (κ3) is 4.08. The number of carbonyl (C=O) groups is 1. The van der Waals surface area contributed by atoms with Crippen molar-refractivity contribution in [3.05, 3.63) is 52.4 Å². The quantitative estimate of drug-likeness (QED) is 0.928. The number of rotatable bonds is 3. The molecule has 1 N–H and O–H groups in total. The summed E-state index contributed by atoms with van der Waals surface area (Å²) in [5, 5.41) is 0. The van der Waals surface area contributed by atoms with E-state index in [1.807, 2.05) is 35.2 Å². The van der Waals surface area contributed by atoms with Crippen LogP contribution in [-0.4, -0.2) is 51.9 Å². The van der Waals surface area contributed by atoms with E-state index >= 15 is 0 Å². The Balaban J connectivity index is 1.75. The van der Waals surface area contributed by atoms with Crippen LogP contribution in [0.25, 0.3) is 11.4 Å². The van der Waals surface area contributed by atoms with Gasteiger partial charge in [-0.3, -0.25) is 14.5 Å². The van der Waals surface area contributed by atoms with Crippen LogP contribution in [0.2, 0.25) is 0 Å². The number of carbonyl (C=O) groups excluding carboxylic acids is 1. The molecule has 0 unspecified atom stereocenters. The molecule has 0 aliphatic carbocycles. The molecule has 1 amide bonds. The van der Waals surface area contributed by atoms with Crippen LogP contribution >= 0.6 is 0 Å². The summed E-state index contributed by atoms with van der Waals surface area (Å²) < 4.78 is 0. The fourth-order valence-corrected chi connectivity index (χ4v) is 2.99. The van der Waals surface area contributed by atoms with Crippen LogP contribution in [0.15, 0.2) is 41.2 Å². The van der Waals surface area contributed by atoms with Crippen molar-refractivity contribution in [2.75, 3.05) is 26.2 Å². The molecule has 2 aromatic rings. The smallest absolute Gasteiger partial charge is 0.251 e. The van der Waals surface area contributed by atoms with Gasteiger partial charge < -0.3 is 9.88 Å². The zero-order chi connectivity index (χ0) is 16.9. The molecule has 1 aliphatic heterocycles. The predicted molar refractivity (Wildman–Crippen MR) is 92.4 cm³/mol. The van der Waals surface area contributed by atoms with E-state index in [0.29, 0.717) is 12.4 Å². The summed E-state index contributed by atoms with van der Waals surface area (Å²) in [5.41, 5.74) is 1.52. The minimum absolute atomic E-state index is 0.123. The summed E-state index contributed by atoms with van der Waals surface area (Å²) in [6, 6.07) is 11.2. The van der Waals surface area contributed by atoms with Crippen molar-refractivity contribution in [1.82, 2.24) is 19.8 Å². The molecule has 0 spiro atoms. The van der Waals surface area contributed by atoms with Gasteiger partial charge in [-0.1, -0.05) is 30.3 Å². The highest BCUT2D eigenvalue weighted by Crippen LogP contribution is 2.14. The molecule has 1 saturated heterocycles. The molecule has 1 aromatic heterocycles. The Hall–Kier alpha value is -2.47. The van der Waals surface area contributed by atoms with Gasteiger partial charge >= 0.3 is 0 Å². The first kappa shape index (κ1) is 16.4. The molecule has 0 atom stereocenters. The van der Waals surface area contributed by atoms with Gasteiger partial charge in [0.1, 0.15) is 5.82 Å². The Kier molecular flexibility index (Phi) is 5.05. The normalized spacial score (nSPS) is 16.0.